The highest BCUT2D eigenvalue weighted by molar-refractivity contribution is 6.05. The second kappa shape index (κ2) is 18.3. The van der Waals surface area contributed by atoms with Crippen LogP contribution in [0.1, 0.15) is 72.5 Å². The van der Waals surface area contributed by atoms with Gasteiger partial charge in [0.2, 0.25) is 11.9 Å². The molecule has 2 amide bonds. The molecule has 0 atom stereocenters. The number of carboxylic acid groups (broad SMARTS) is 1. The van der Waals surface area contributed by atoms with E-state index in [-0.39, 0.29) is 54.0 Å². The number of carboxylic acids is 1. The van der Waals surface area contributed by atoms with Crippen LogP contribution in [0.5, 0.6) is 17.2 Å². The fraction of sp³-hybridized carbons (Fsp3) is 0.273. The number of amides is 2. The van der Waals surface area contributed by atoms with Crippen molar-refractivity contribution in [2.75, 3.05) is 32.0 Å². The number of nitrogens with zero attached hydrogens (tertiary/aromatic N) is 8. The maximum atomic E-state index is 13.9. The molecule has 0 radical (unpaired) electrons. The lowest BCUT2D eigenvalue weighted by Crippen LogP contribution is -2.20. The van der Waals surface area contributed by atoms with Crippen molar-refractivity contribution in [2.45, 2.75) is 60.5 Å². The van der Waals surface area contributed by atoms with Gasteiger partial charge in [0.15, 0.2) is 0 Å². The van der Waals surface area contributed by atoms with Crippen molar-refractivity contribution in [3.8, 4) is 17.2 Å². The van der Waals surface area contributed by atoms with Crippen LogP contribution in [0, 0.1) is 13.8 Å². The number of rotatable bonds is 17. The molecule has 0 saturated carbocycles. The van der Waals surface area contributed by atoms with E-state index in [0.717, 1.165) is 5.56 Å². The number of benzene rings is 3. The number of ether oxygens (including phenoxy) is 4. The SMILES string of the molecule is CCn1nc(C)cc1C(=O)Nc1nc2cc(C(=O)O)cc(OC)c2n1C/C=C/Cn1c(NC(=O)c2cc(C)nn2CC)nc2cc(C(=O)OC)cc(OCc3ccc(OC)cc3)c21. The van der Waals surface area contributed by atoms with E-state index in [0.29, 0.717) is 63.9 Å². The fourth-order valence-electron chi connectivity index (χ4n) is 7.14. The summed E-state index contributed by atoms with van der Waals surface area (Å²) in [4.78, 5) is 61.9. The first kappa shape index (κ1) is 43.1. The van der Waals surface area contributed by atoms with Crippen LogP contribution in [0.15, 0.2) is 72.8 Å². The Morgan fingerprint density at radius 2 is 1.19 bits per heavy atom. The minimum atomic E-state index is -1.17. The fourth-order valence-corrected chi connectivity index (χ4v) is 7.14. The molecule has 63 heavy (non-hydrogen) atoms. The zero-order valence-electron chi connectivity index (χ0n) is 35.8. The molecule has 0 aliphatic rings. The van der Waals surface area contributed by atoms with Gasteiger partial charge in [0.05, 0.1) is 54.9 Å². The van der Waals surface area contributed by atoms with Crippen molar-refractivity contribution in [1.82, 2.24) is 38.7 Å². The number of aromatic nitrogens is 8. The Labute approximate surface area is 360 Å². The van der Waals surface area contributed by atoms with Gasteiger partial charge in [-0.2, -0.15) is 10.2 Å². The highest BCUT2D eigenvalue weighted by Crippen LogP contribution is 2.34. The molecule has 19 nitrogen and oxygen atoms in total. The number of nitrogens with one attached hydrogen (secondary N) is 2. The van der Waals surface area contributed by atoms with E-state index in [1.54, 1.807) is 63.7 Å². The third-order valence-corrected chi connectivity index (χ3v) is 10.1. The number of aryl methyl sites for hydroxylation is 4. The molecule has 3 aromatic carbocycles. The Balaban J connectivity index is 1.30. The third kappa shape index (κ3) is 8.93. The summed E-state index contributed by atoms with van der Waals surface area (Å²) in [6, 6.07) is 16.6. The monoisotopic (exact) mass is 858 g/mol. The lowest BCUT2D eigenvalue weighted by atomic mass is 10.1. The van der Waals surface area contributed by atoms with Crippen molar-refractivity contribution >= 4 is 57.7 Å². The van der Waals surface area contributed by atoms with E-state index in [1.807, 2.05) is 50.3 Å². The van der Waals surface area contributed by atoms with E-state index in [4.69, 9.17) is 23.9 Å². The van der Waals surface area contributed by atoms with Gasteiger partial charge in [0, 0.05) is 26.2 Å². The number of anilines is 2. The van der Waals surface area contributed by atoms with Crippen molar-refractivity contribution < 1.29 is 43.2 Å². The van der Waals surface area contributed by atoms with Crippen LogP contribution in [0.25, 0.3) is 22.1 Å². The predicted octanol–water partition coefficient (Wildman–Crippen LogP) is 6.28. The van der Waals surface area contributed by atoms with Gasteiger partial charge in [-0.1, -0.05) is 24.3 Å². The maximum absolute atomic E-state index is 13.9. The Hall–Kier alpha value is -7.96. The summed E-state index contributed by atoms with van der Waals surface area (Å²) in [5.41, 5.74) is 4.48. The highest BCUT2D eigenvalue weighted by atomic mass is 16.5. The summed E-state index contributed by atoms with van der Waals surface area (Å²) in [5, 5.41) is 24.5. The number of fused-ring (bicyclic) bond motifs is 2. The second-order valence-corrected chi connectivity index (χ2v) is 14.3. The minimum absolute atomic E-state index is 0.0452. The Bertz CT molecular complexity index is 2900. The van der Waals surface area contributed by atoms with Crippen LogP contribution in [0.4, 0.5) is 11.9 Å². The molecule has 0 aliphatic heterocycles. The minimum Gasteiger partial charge on any atom is -0.497 e. The van der Waals surface area contributed by atoms with Crippen molar-refractivity contribution in [1.29, 1.82) is 0 Å². The number of esters is 1. The number of imidazole rings is 2. The molecule has 0 unspecified atom stereocenters. The van der Waals surface area contributed by atoms with Crippen LogP contribution < -0.4 is 24.8 Å². The second-order valence-electron chi connectivity index (χ2n) is 14.3. The number of hydrogen-bond acceptors (Lipinski definition) is 12. The van der Waals surface area contributed by atoms with Crippen LogP contribution in [-0.4, -0.2) is 88.9 Å². The molecule has 19 heteroatoms. The van der Waals surface area contributed by atoms with E-state index in [1.165, 1.54) is 26.4 Å². The molecule has 0 saturated heterocycles. The van der Waals surface area contributed by atoms with E-state index >= 15 is 0 Å². The zero-order valence-corrected chi connectivity index (χ0v) is 35.8. The maximum Gasteiger partial charge on any atom is 0.338 e. The molecular weight excluding hydrogens is 813 g/mol. The first-order chi connectivity index (χ1) is 30.3. The van der Waals surface area contributed by atoms with Gasteiger partial charge < -0.3 is 33.2 Å². The molecule has 3 N–H and O–H groups in total. The predicted molar refractivity (Wildman–Crippen MR) is 232 cm³/mol. The molecule has 4 aromatic heterocycles. The summed E-state index contributed by atoms with van der Waals surface area (Å²) in [7, 11) is 4.28. The quantitative estimate of drug-likeness (QED) is 0.0679. The van der Waals surface area contributed by atoms with Crippen molar-refractivity contribution in [3.05, 3.63) is 112 Å². The molecule has 7 aromatic rings. The van der Waals surface area contributed by atoms with Gasteiger partial charge in [-0.25, -0.2) is 19.6 Å². The number of carbonyl (C=O) groups is 4. The number of carbonyl (C=O) groups excluding carboxylic acids is 3. The molecule has 4 heterocycles. The number of aromatic carboxylic acids is 1. The zero-order chi connectivity index (χ0) is 44.9. The number of allylic oxidation sites excluding steroid dienone is 2. The van der Waals surface area contributed by atoms with E-state index < -0.39 is 23.8 Å². The molecule has 0 fully saturated rings. The Morgan fingerprint density at radius 3 is 1.67 bits per heavy atom. The first-order valence-electron chi connectivity index (χ1n) is 19.9. The summed E-state index contributed by atoms with van der Waals surface area (Å²) >= 11 is 0. The number of methoxy groups -OCH3 is 3. The Morgan fingerprint density at radius 1 is 0.683 bits per heavy atom. The number of hydrogen-bond donors (Lipinski definition) is 3. The molecule has 326 valence electrons. The molecule has 0 bridgehead atoms. The van der Waals surface area contributed by atoms with Gasteiger partial charge in [0.1, 0.15) is 46.3 Å². The summed E-state index contributed by atoms with van der Waals surface area (Å²) in [5.74, 6) is -1.20. The Kier molecular flexibility index (Phi) is 12.6. The molecule has 0 aliphatic carbocycles. The normalized spacial score (nSPS) is 11.3. The average molecular weight is 859 g/mol. The smallest absolute Gasteiger partial charge is 0.338 e. The largest absolute Gasteiger partial charge is 0.497 e. The van der Waals surface area contributed by atoms with Crippen molar-refractivity contribution in [2.24, 2.45) is 0 Å². The molecule has 0 spiro atoms. The van der Waals surface area contributed by atoms with Crippen LogP contribution >= 0.6 is 0 Å². The van der Waals surface area contributed by atoms with Gasteiger partial charge >= 0.3 is 11.9 Å². The van der Waals surface area contributed by atoms with Crippen LogP contribution in [0.2, 0.25) is 0 Å². The van der Waals surface area contributed by atoms with Crippen LogP contribution in [-0.2, 0) is 37.5 Å². The first-order valence-corrected chi connectivity index (χ1v) is 19.9. The highest BCUT2D eigenvalue weighted by Gasteiger charge is 2.24. The standard InChI is InChI=1S/C44H46N10O9/c1-8-53-33(18-25(3)49-53)39(55)47-43-45-31-20-28(41(57)58)22-35(61-6)37(31)51(43)16-10-11-17-52-38-32(46-44(52)48-40(56)34-19-26(4)50-54(34)9-2)21-29(42(59)62-7)23-36(38)63-24-27-12-14-30(60-5)15-13-27/h10-15,18-23H,8-9,16-17,24H2,1-7H3,(H,57,58)(H,45,47,55)(H,46,48,56)/b11-10+. The topological polar surface area (TPSA) is 221 Å². The third-order valence-electron chi connectivity index (χ3n) is 10.1. The average Bonchev–Trinajstić information content (AvgIpc) is 4.05. The van der Waals surface area contributed by atoms with Gasteiger partial charge in [0.25, 0.3) is 11.8 Å². The van der Waals surface area contributed by atoms with E-state index in [2.05, 4.69) is 25.8 Å². The van der Waals surface area contributed by atoms with E-state index in [9.17, 15) is 24.3 Å². The van der Waals surface area contributed by atoms with Gasteiger partial charge in [-0.3, -0.25) is 29.6 Å². The lowest BCUT2D eigenvalue weighted by molar-refractivity contribution is 0.0599. The summed E-state index contributed by atoms with van der Waals surface area (Å²) < 4.78 is 29.0. The van der Waals surface area contributed by atoms with Crippen LogP contribution in [0.3, 0.4) is 0 Å². The molecule has 7 rings (SSSR count). The van der Waals surface area contributed by atoms with Gasteiger partial charge in [-0.05, 0) is 81.8 Å². The summed E-state index contributed by atoms with van der Waals surface area (Å²) in [6.45, 7) is 8.61. The van der Waals surface area contributed by atoms with Gasteiger partial charge in [-0.15, -0.1) is 0 Å². The lowest BCUT2D eigenvalue weighted by Gasteiger charge is -2.14. The van der Waals surface area contributed by atoms with Crippen molar-refractivity contribution in [3.63, 3.8) is 0 Å². The summed E-state index contributed by atoms with van der Waals surface area (Å²) in [6.07, 6.45) is 3.64. The molecular formula is C44H46N10O9.